The number of nitrogens with zero attached hydrogens (tertiary/aromatic N) is 4. The number of hydrogen-bond acceptors (Lipinski definition) is 10. The van der Waals surface area contributed by atoms with Crippen molar-refractivity contribution in [3.05, 3.63) is 65.8 Å². The number of ether oxygens (including phenoxy) is 1. The maximum absolute atomic E-state index is 13.2. The molecule has 5 aromatic rings. The van der Waals surface area contributed by atoms with Crippen LogP contribution in [-0.4, -0.2) is 40.8 Å². The molecule has 0 fully saturated rings. The minimum atomic E-state index is -3.73. The monoisotopic (exact) mass is 505 g/mol. The molecule has 36 heavy (non-hydrogen) atoms. The van der Waals surface area contributed by atoms with Gasteiger partial charge in [-0.05, 0) is 50.2 Å². The van der Waals surface area contributed by atoms with Gasteiger partial charge in [-0.25, -0.2) is 13.4 Å². The van der Waals surface area contributed by atoms with E-state index in [4.69, 9.17) is 15.0 Å². The number of nitrogens with two attached hydrogens (primary N) is 1. The summed E-state index contributed by atoms with van der Waals surface area (Å²) in [5.74, 6) is 1.13. The Labute approximate surface area is 206 Å². The highest BCUT2D eigenvalue weighted by Crippen LogP contribution is 2.37. The summed E-state index contributed by atoms with van der Waals surface area (Å²) in [5, 5.41) is 15.3. The van der Waals surface area contributed by atoms with Gasteiger partial charge in [-0.3, -0.25) is 5.10 Å². The molecule has 0 amide bonds. The molecular formula is C24H23N7O4S. The number of anilines is 3. The largest absolute Gasteiger partial charge is 0.496 e. The van der Waals surface area contributed by atoms with E-state index in [1.54, 1.807) is 19.1 Å². The van der Waals surface area contributed by atoms with Gasteiger partial charge in [0.25, 0.3) is 0 Å². The molecule has 3 heterocycles. The average Bonchev–Trinajstić information content (AvgIpc) is 3.43. The first-order chi connectivity index (χ1) is 17.2. The van der Waals surface area contributed by atoms with Gasteiger partial charge in [0.1, 0.15) is 23.1 Å². The summed E-state index contributed by atoms with van der Waals surface area (Å²) in [6.45, 7) is 3.63. The van der Waals surface area contributed by atoms with E-state index in [0.29, 0.717) is 34.1 Å². The van der Waals surface area contributed by atoms with Gasteiger partial charge in [0.2, 0.25) is 5.95 Å². The van der Waals surface area contributed by atoms with E-state index in [1.807, 2.05) is 25.1 Å². The van der Waals surface area contributed by atoms with Crippen LogP contribution in [0.2, 0.25) is 0 Å². The maximum Gasteiger partial charge on any atom is 0.221 e. The van der Waals surface area contributed by atoms with Crippen molar-refractivity contribution in [3.63, 3.8) is 0 Å². The second kappa shape index (κ2) is 8.96. The van der Waals surface area contributed by atoms with Gasteiger partial charge in [0.15, 0.2) is 9.84 Å². The fourth-order valence-electron chi connectivity index (χ4n) is 3.91. The second-order valence-corrected chi connectivity index (χ2v) is 10.2. The van der Waals surface area contributed by atoms with Crippen LogP contribution in [-0.2, 0) is 15.6 Å². The topological polar surface area (TPSA) is 162 Å². The third-order valence-electron chi connectivity index (χ3n) is 5.66. The standard InChI is InChI=1S/C24H23N7O4S/c1-13-8-16(31-35-13)12-36(32,33)17-5-7-22(34-3)19(10-17)20-11-26-24(25)28-23(20)27-15-4-6-18-14(2)29-30-21(18)9-15/h4-11H,12H2,1-3H3,(H,29,30)(H3,25,26,27,28). The zero-order chi connectivity index (χ0) is 25.4. The van der Waals surface area contributed by atoms with Crippen molar-refractivity contribution in [2.24, 2.45) is 0 Å². The molecule has 0 aliphatic rings. The van der Waals surface area contributed by atoms with Gasteiger partial charge in [-0.2, -0.15) is 10.1 Å². The highest BCUT2D eigenvalue weighted by molar-refractivity contribution is 7.90. The Kier molecular flexibility index (Phi) is 5.80. The predicted octanol–water partition coefficient (Wildman–Crippen LogP) is 3.93. The van der Waals surface area contributed by atoms with Crippen LogP contribution in [0.4, 0.5) is 17.5 Å². The van der Waals surface area contributed by atoms with Gasteiger partial charge in [-0.1, -0.05) is 5.16 Å². The highest BCUT2D eigenvalue weighted by atomic mass is 32.2. The second-order valence-electron chi connectivity index (χ2n) is 8.23. The lowest BCUT2D eigenvalue weighted by Gasteiger charge is -2.15. The van der Waals surface area contributed by atoms with Crippen LogP contribution in [0.3, 0.4) is 0 Å². The summed E-state index contributed by atoms with van der Waals surface area (Å²) in [4.78, 5) is 8.60. The van der Waals surface area contributed by atoms with Crippen LogP contribution in [0.15, 0.2) is 58.1 Å². The summed E-state index contributed by atoms with van der Waals surface area (Å²) < 4.78 is 36.8. The molecule has 3 aromatic heterocycles. The Morgan fingerprint density at radius 3 is 2.69 bits per heavy atom. The van der Waals surface area contributed by atoms with Crippen LogP contribution in [0.5, 0.6) is 5.75 Å². The van der Waals surface area contributed by atoms with E-state index in [-0.39, 0.29) is 16.6 Å². The Bertz CT molecular complexity index is 1690. The van der Waals surface area contributed by atoms with E-state index in [0.717, 1.165) is 22.3 Å². The van der Waals surface area contributed by atoms with Crippen molar-refractivity contribution in [2.45, 2.75) is 24.5 Å². The molecule has 0 saturated carbocycles. The fourth-order valence-corrected chi connectivity index (χ4v) is 5.18. The molecule has 184 valence electrons. The van der Waals surface area contributed by atoms with Gasteiger partial charge in [0.05, 0.1) is 28.9 Å². The zero-order valence-corrected chi connectivity index (χ0v) is 20.5. The molecule has 11 nitrogen and oxygen atoms in total. The number of methoxy groups -OCH3 is 1. The molecule has 0 spiro atoms. The first-order valence-electron chi connectivity index (χ1n) is 10.9. The summed E-state index contributed by atoms with van der Waals surface area (Å²) in [5.41, 5.74) is 9.69. The molecule has 4 N–H and O–H groups in total. The number of benzene rings is 2. The van der Waals surface area contributed by atoms with Crippen LogP contribution in [0, 0.1) is 13.8 Å². The number of nitrogens with one attached hydrogen (secondary N) is 2. The molecule has 0 atom stereocenters. The van der Waals surface area contributed by atoms with Gasteiger partial charge >= 0.3 is 0 Å². The number of aromatic nitrogens is 5. The quantitative estimate of drug-likeness (QED) is 0.295. The average molecular weight is 506 g/mol. The minimum absolute atomic E-state index is 0.0591. The van der Waals surface area contributed by atoms with Gasteiger partial charge in [-0.15, -0.1) is 0 Å². The number of sulfone groups is 1. The van der Waals surface area contributed by atoms with E-state index >= 15 is 0 Å². The molecule has 0 aliphatic carbocycles. The van der Waals surface area contributed by atoms with Crippen LogP contribution in [0.1, 0.15) is 17.1 Å². The summed E-state index contributed by atoms with van der Waals surface area (Å²) in [6, 6.07) is 11.9. The molecule has 0 unspecified atom stereocenters. The van der Waals surface area contributed by atoms with Crippen LogP contribution in [0.25, 0.3) is 22.0 Å². The number of aromatic amines is 1. The summed E-state index contributed by atoms with van der Waals surface area (Å²) >= 11 is 0. The van der Waals surface area contributed by atoms with Crippen molar-refractivity contribution >= 4 is 38.2 Å². The third kappa shape index (κ3) is 4.45. The van der Waals surface area contributed by atoms with Crippen molar-refractivity contribution in [1.82, 2.24) is 25.3 Å². The third-order valence-corrected chi connectivity index (χ3v) is 7.31. The van der Waals surface area contributed by atoms with Crippen molar-refractivity contribution in [3.8, 4) is 16.9 Å². The van der Waals surface area contributed by atoms with E-state index in [1.165, 1.54) is 25.4 Å². The SMILES string of the molecule is COc1ccc(S(=O)(=O)Cc2cc(C)on2)cc1-c1cnc(N)nc1Nc1ccc2c(C)n[nH]c2c1. The highest BCUT2D eigenvalue weighted by Gasteiger charge is 2.22. The first-order valence-corrected chi connectivity index (χ1v) is 12.6. The predicted molar refractivity (Wildman–Crippen MR) is 135 cm³/mol. The van der Waals surface area contributed by atoms with Gasteiger partial charge < -0.3 is 20.3 Å². The number of nitrogen functional groups attached to an aromatic ring is 1. The molecule has 5 rings (SSSR count). The zero-order valence-electron chi connectivity index (χ0n) is 19.7. The smallest absolute Gasteiger partial charge is 0.221 e. The molecule has 12 heteroatoms. The molecule has 2 aromatic carbocycles. The van der Waals surface area contributed by atoms with Crippen LogP contribution < -0.4 is 15.8 Å². The van der Waals surface area contributed by atoms with Crippen LogP contribution >= 0.6 is 0 Å². The van der Waals surface area contributed by atoms with Crippen molar-refractivity contribution < 1.29 is 17.7 Å². The lowest BCUT2D eigenvalue weighted by atomic mass is 10.1. The Balaban J connectivity index is 1.56. The van der Waals surface area contributed by atoms with E-state index in [2.05, 4.69) is 30.6 Å². The number of H-pyrrole nitrogens is 1. The maximum atomic E-state index is 13.2. The molecule has 0 saturated heterocycles. The Morgan fingerprint density at radius 2 is 1.94 bits per heavy atom. The van der Waals surface area contributed by atoms with E-state index in [9.17, 15) is 8.42 Å². The molecular weight excluding hydrogens is 482 g/mol. The summed E-state index contributed by atoms with van der Waals surface area (Å²) in [6.07, 6.45) is 1.53. The minimum Gasteiger partial charge on any atom is -0.496 e. The van der Waals surface area contributed by atoms with Crippen molar-refractivity contribution in [2.75, 3.05) is 18.2 Å². The normalized spacial score (nSPS) is 11.6. The van der Waals surface area contributed by atoms with Crippen molar-refractivity contribution in [1.29, 1.82) is 0 Å². The lowest BCUT2D eigenvalue weighted by Crippen LogP contribution is -2.07. The fraction of sp³-hybridized carbons (Fsp3) is 0.167. The number of aryl methyl sites for hydroxylation is 2. The lowest BCUT2D eigenvalue weighted by molar-refractivity contribution is 0.392. The summed E-state index contributed by atoms with van der Waals surface area (Å²) in [7, 11) is -2.23. The Morgan fingerprint density at radius 1 is 1.11 bits per heavy atom. The Hall–Kier alpha value is -4.45. The van der Waals surface area contributed by atoms with E-state index < -0.39 is 9.84 Å². The number of hydrogen-bond donors (Lipinski definition) is 3. The van der Waals surface area contributed by atoms with Gasteiger partial charge in [0, 0.05) is 34.5 Å². The number of rotatable bonds is 7. The first kappa shape index (κ1) is 23.3. The number of fused-ring (bicyclic) bond motifs is 1. The molecule has 0 aliphatic heterocycles. The molecule has 0 radical (unpaired) electrons. The molecule has 0 bridgehead atoms.